The maximum absolute atomic E-state index is 4.25. The predicted molar refractivity (Wildman–Crippen MR) is 62.8 cm³/mol. The van der Waals surface area contributed by atoms with Crippen molar-refractivity contribution < 1.29 is 0 Å². The standard InChI is InChI=1S/C12H16N4/c1-9-11(4-3-5-14-9)6-13-7-12-8-15-16-10(12)2/h3-5,8,13H,6-7H2,1-2H3,(H,15,16). The molecule has 0 spiro atoms. The van der Waals surface area contributed by atoms with Gasteiger partial charge in [0.25, 0.3) is 0 Å². The molecule has 16 heavy (non-hydrogen) atoms. The largest absolute Gasteiger partial charge is 0.308 e. The molecular formula is C12H16N4. The lowest BCUT2D eigenvalue weighted by atomic mass is 10.2. The highest BCUT2D eigenvalue weighted by molar-refractivity contribution is 5.19. The monoisotopic (exact) mass is 216 g/mol. The molecule has 2 heterocycles. The average Bonchev–Trinajstić information content (AvgIpc) is 2.67. The topological polar surface area (TPSA) is 53.6 Å². The van der Waals surface area contributed by atoms with Gasteiger partial charge in [-0.2, -0.15) is 5.10 Å². The number of aryl methyl sites for hydroxylation is 2. The first kappa shape index (κ1) is 10.8. The summed E-state index contributed by atoms with van der Waals surface area (Å²) in [6.07, 6.45) is 3.68. The van der Waals surface area contributed by atoms with Crippen LogP contribution in [0.4, 0.5) is 0 Å². The zero-order chi connectivity index (χ0) is 11.4. The molecule has 0 amide bonds. The fourth-order valence-corrected chi connectivity index (χ4v) is 1.59. The smallest absolute Gasteiger partial charge is 0.0535 e. The molecule has 0 saturated carbocycles. The summed E-state index contributed by atoms with van der Waals surface area (Å²) in [6.45, 7) is 5.72. The van der Waals surface area contributed by atoms with Gasteiger partial charge in [0.15, 0.2) is 0 Å². The van der Waals surface area contributed by atoms with Crippen molar-refractivity contribution in [1.82, 2.24) is 20.5 Å². The highest BCUT2D eigenvalue weighted by Crippen LogP contribution is 2.05. The molecule has 0 aromatic carbocycles. The molecule has 0 bridgehead atoms. The number of rotatable bonds is 4. The molecule has 0 saturated heterocycles. The minimum absolute atomic E-state index is 0.830. The molecule has 2 N–H and O–H groups in total. The van der Waals surface area contributed by atoms with E-state index in [-0.39, 0.29) is 0 Å². The number of nitrogens with one attached hydrogen (secondary N) is 2. The van der Waals surface area contributed by atoms with E-state index in [2.05, 4.69) is 26.6 Å². The fraction of sp³-hybridized carbons (Fsp3) is 0.333. The maximum Gasteiger partial charge on any atom is 0.0535 e. The molecule has 2 rings (SSSR count). The zero-order valence-corrected chi connectivity index (χ0v) is 9.62. The molecule has 2 aromatic rings. The minimum Gasteiger partial charge on any atom is -0.308 e. The molecule has 0 fully saturated rings. The van der Waals surface area contributed by atoms with E-state index in [1.165, 1.54) is 11.1 Å². The van der Waals surface area contributed by atoms with Gasteiger partial charge in [-0.15, -0.1) is 0 Å². The molecular weight excluding hydrogens is 200 g/mol. The van der Waals surface area contributed by atoms with Crippen molar-refractivity contribution in [3.05, 3.63) is 47.0 Å². The Morgan fingerprint density at radius 2 is 2.06 bits per heavy atom. The van der Waals surface area contributed by atoms with Crippen LogP contribution in [0.2, 0.25) is 0 Å². The lowest BCUT2D eigenvalue weighted by Gasteiger charge is -2.06. The second kappa shape index (κ2) is 4.90. The van der Waals surface area contributed by atoms with Crippen LogP contribution in [0.5, 0.6) is 0 Å². The third-order valence-corrected chi connectivity index (χ3v) is 2.68. The Balaban J connectivity index is 1.89. The van der Waals surface area contributed by atoms with Crippen molar-refractivity contribution >= 4 is 0 Å². The number of H-pyrrole nitrogens is 1. The summed E-state index contributed by atoms with van der Waals surface area (Å²) in [5.74, 6) is 0. The Morgan fingerprint density at radius 3 is 2.75 bits per heavy atom. The summed E-state index contributed by atoms with van der Waals surface area (Å²) in [4.78, 5) is 4.25. The highest BCUT2D eigenvalue weighted by Gasteiger charge is 2.01. The van der Waals surface area contributed by atoms with Gasteiger partial charge in [0.1, 0.15) is 0 Å². The van der Waals surface area contributed by atoms with E-state index in [4.69, 9.17) is 0 Å². The molecule has 0 aliphatic rings. The van der Waals surface area contributed by atoms with E-state index < -0.39 is 0 Å². The highest BCUT2D eigenvalue weighted by atomic mass is 15.1. The van der Waals surface area contributed by atoms with Crippen LogP contribution in [0.15, 0.2) is 24.5 Å². The van der Waals surface area contributed by atoms with Crippen molar-refractivity contribution in [3.8, 4) is 0 Å². The molecule has 4 heteroatoms. The van der Waals surface area contributed by atoms with Gasteiger partial charge in [0.2, 0.25) is 0 Å². The van der Waals surface area contributed by atoms with Crippen molar-refractivity contribution in [3.63, 3.8) is 0 Å². The molecule has 0 aliphatic heterocycles. The number of pyridine rings is 1. The SMILES string of the molecule is Cc1ncccc1CNCc1cn[nH]c1C. The van der Waals surface area contributed by atoms with Crippen LogP contribution < -0.4 is 5.32 Å². The lowest BCUT2D eigenvalue weighted by Crippen LogP contribution is -2.14. The van der Waals surface area contributed by atoms with Gasteiger partial charge in [-0.3, -0.25) is 10.1 Å². The summed E-state index contributed by atoms with van der Waals surface area (Å²) < 4.78 is 0. The van der Waals surface area contributed by atoms with Crippen LogP contribution >= 0.6 is 0 Å². The van der Waals surface area contributed by atoms with E-state index in [9.17, 15) is 0 Å². The molecule has 4 nitrogen and oxygen atoms in total. The van der Waals surface area contributed by atoms with Crippen LogP contribution in [0.25, 0.3) is 0 Å². The number of aromatic nitrogens is 3. The van der Waals surface area contributed by atoms with Gasteiger partial charge in [0, 0.05) is 36.2 Å². The average molecular weight is 216 g/mol. The number of nitrogens with zero attached hydrogens (tertiary/aromatic N) is 2. The quantitative estimate of drug-likeness (QED) is 0.818. The van der Waals surface area contributed by atoms with Crippen molar-refractivity contribution in [2.75, 3.05) is 0 Å². The summed E-state index contributed by atoms with van der Waals surface area (Å²) in [5, 5.41) is 10.3. The Kier molecular flexibility index (Phi) is 3.31. The Bertz CT molecular complexity index is 462. The van der Waals surface area contributed by atoms with Crippen molar-refractivity contribution in [2.24, 2.45) is 0 Å². The third kappa shape index (κ3) is 2.46. The first-order valence-electron chi connectivity index (χ1n) is 5.37. The van der Waals surface area contributed by atoms with Gasteiger partial charge in [-0.05, 0) is 25.5 Å². The van der Waals surface area contributed by atoms with Crippen LogP contribution in [0.3, 0.4) is 0 Å². The minimum atomic E-state index is 0.830. The van der Waals surface area contributed by atoms with Crippen molar-refractivity contribution in [1.29, 1.82) is 0 Å². The molecule has 0 aliphatic carbocycles. The van der Waals surface area contributed by atoms with Gasteiger partial charge >= 0.3 is 0 Å². The molecule has 84 valence electrons. The van der Waals surface area contributed by atoms with Crippen LogP contribution in [-0.4, -0.2) is 15.2 Å². The number of hydrogen-bond donors (Lipinski definition) is 2. The van der Waals surface area contributed by atoms with E-state index in [0.29, 0.717) is 0 Å². The number of hydrogen-bond acceptors (Lipinski definition) is 3. The van der Waals surface area contributed by atoms with Crippen LogP contribution in [0.1, 0.15) is 22.5 Å². The van der Waals surface area contributed by atoms with Crippen LogP contribution in [0, 0.1) is 13.8 Å². The Labute approximate surface area is 95.1 Å². The predicted octanol–water partition coefficient (Wildman–Crippen LogP) is 1.71. The van der Waals surface area contributed by atoms with Gasteiger partial charge in [-0.1, -0.05) is 6.07 Å². The van der Waals surface area contributed by atoms with Crippen LogP contribution in [-0.2, 0) is 13.1 Å². The lowest BCUT2D eigenvalue weighted by molar-refractivity contribution is 0.685. The zero-order valence-electron chi connectivity index (χ0n) is 9.62. The first-order chi connectivity index (χ1) is 7.77. The molecule has 0 atom stereocenters. The first-order valence-corrected chi connectivity index (χ1v) is 5.37. The number of aromatic amines is 1. The van der Waals surface area contributed by atoms with Gasteiger partial charge in [-0.25, -0.2) is 0 Å². The Hall–Kier alpha value is -1.68. The van der Waals surface area contributed by atoms with Gasteiger partial charge in [0.05, 0.1) is 6.20 Å². The Morgan fingerprint density at radius 1 is 1.25 bits per heavy atom. The van der Waals surface area contributed by atoms with Gasteiger partial charge < -0.3 is 5.32 Å². The molecule has 0 unspecified atom stereocenters. The van der Waals surface area contributed by atoms with E-state index in [1.54, 1.807) is 0 Å². The fourth-order valence-electron chi connectivity index (χ4n) is 1.59. The van der Waals surface area contributed by atoms with E-state index in [1.807, 2.05) is 32.3 Å². The third-order valence-electron chi connectivity index (χ3n) is 2.68. The maximum atomic E-state index is 4.25. The summed E-state index contributed by atoms with van der Waals surface area (Å²) in [6, 6.07) is 4.06. The van der Waals surface area contributed by atoms with E-state index in [0.717, 1.165) is 24.5 Å². The second-order valence-corrected chi connectivity index (χ2v) is 3.87. The molecule has 0 radical (unpaired) electrons. The summed E-state index contributed by atoms with van der Waals surface area (Å²) in [7, 11) is 0. The summed E-state index contributed by atoms with van der Waals surface area (Å²) in [5.41, 5.74) is 4.65. The van der Waals surface area contributed by atoms with E-state index >= 15 is 0 Å². The second-order valence-electron chi connectivity index (χ2n) is 3.87. The van der Waals surface area contributed by atoms with Crippen molar-refractivity contribution in [2.45, 2.75) is 26.9 Å². The normalized spacial score (nSPS) is 10.6. The summed E-state index contributed by atoms with van der Waals surface area (Å²) >= 11 is 0. The molecule has 2 aromatic heterocycles.